The third kappa shape index (κ3) is 4.25. The van der Waals surface area contributed by atoms with Gasteiger partial charge in [0, 0.05) is 0 Å². The van der Waals surface area contributed by atoms with Gasteiger partial charge in [0.15, 0.2) is 0 Å². The topological polar surface area (TPSA) is 26.3 Å². The molecule has 2 heteroatoms. The van der Waals surface area contributed by atoms with Gasteiger partial charge in [0.2, 0.25) is 5.78 Å². The lowest BCUT2D eigenvalue weighted by Crippen LogP contribution is -2.13. The highest BCUT2D eigenvalue weighted by Gasteiger charge is 2.12. The van der Waals surface area contributed by atoms with Crippen LogP contribution in [0.4, 0.5) is 0 Å². The van der Waals surface area contributed by atoms with E-state index in [1.807, 2.05) is 13.0 Å². The summed E-state index contributed by atoms with van der Waals surface area (Å²) in [7, 11) is 0. The van der Waals surface area contributed by atoms with Crippen LogP contribution in [0.3, 0.4) is 0 Å². The molecule has 0 aliphatic carbocycles. The molecule has 0 fully saturated rings. The molecule has 0 radical (unpaired) electrons. The molecule has 1 atom stereocenters. The first-order valence-electron chi connectivity index (χ1n) is 6.45. The highest BCUT2D eigenvalue weighted by molar-refractivity contribution is 6.10. The van der Waals surface area contributed by atoms with Gasteiger partial charge in [-0.05, 0) is 37.8 Å². The Bertz CT molecular complexity index is 429. The first-order chi connectivity index (χ1) is 8.69. The van der Waals surface area contributed by atoms with Crippen molar-refractivity contribution in [3.05, 3.63) is 29.8 Å². The number of rotatable bonds is 7. The van der Waals surface area contributed by atoms with Crippen LogP contribution < -0.4 is 4.74 Å². The Kier molecular flexibility index (Phi) is 6.00. The van der Waals surface area contributed by atoms with Gasteiger partial charge in [-0.1, -0.05) is 31.9 Å². The van der Waals surface area contributed by atoms with Crippen molar-refractivity contribution in [1.82, 2.24) is 0 Å². The predicted octanol–water partition coefficient (Wildman–Crippen LogP) is 3.85. The van der Waals surface area contributed by atoms with E-state index in [4.69, 9.17) is 11.2 Å². The normalized spacial score (nSPS) is 11.6. The highest BCUT2D eigenvalue weighted by atomic mass is 16.5. The van der Waals surface area contributed by atoms with E-state index in [2.05, 4.69) is 12.8 Å². The largest absolute Gasteiger partial charge is 0.490 e. The number of hydrogen-bond acceptors (Lipinski definition) is 2. The first kappa shape index (κ1) is 14.3. The van der Waals surface area contributed by atoms with E-state index in [0.29, 0.717) is 11.3 Å². The van der Waals surface area contributed by atoms with E-state index < -0.39 is 0 Å². The number of terminal acetylenes is 1. The number of benzene rings is 1. The van der Waals surface area contributed by atoms with E-state index in [1.165, 1.54) is 12.8 Å². The molecule has 0 aliphatic heterocycles. The quantitative estimate of drug-likeness (QED) is 0.315. The molecular formula is C16H20O2. The van der Waals surface area contributed by atoms with Gasteiger partial charge in [0.25, 0.3) is 0 Å². The molecule has 0 spiro atoms. The minimum absolute atomic E-state index is 0.100. The number of ketones is 1. The SMILES string of the molecule is C#CC(=O)c1ccccc1OC(C)CCCCC. The summed E-state index contributed by atoms with van der Waals surface area (Å²) in [5.41, 5.74) is 0.474. The van der Waals surface area contributed by atoms with Crippen molar-refractivity contribution in [2.24, 2.45) is 0 Å². The molecule has 0 amide bonds. The summed E-state index contributed by atoms with van der Waals surface area (Å²) in [4.78, 5) is 11.6. The monoisotopic (exact) mass is 244 g/mol. The zero-order valence-electron chi connectivity index (χ0n) is 11.1. The second-order valence-corrected chi connectivity index (χ2v) is 4.39. The lowest BCUT2D eigenvalue weighted by atomic mass is 10.1. The Morgan fingerprint density at radius 2 is 2.11 bits per heavy atom. The van der Waals surface area contributed by atoms with Crippen LogP contribution in [0.5, 0.6) is 5.75 Å². The molecule has 1 rings (SSSR count). The van der Waals surface area contributed by atoms with E-state index >= 15 is 0 Å². The fourth-order valence-corrected chi connectivity index (χ4v) is 1.79. The summed E-state index contributed by atoms with van der Waals surface area (Å²) in [6.07, 6.45) is 9.78. The molecule has 0 bridgehead atoms. The van der Waals surface area contributed by atoms with Gasteiger partial charge in [-0.15, -0.1) is 6.42 Å². The number of hydrogen-bond donors (Lipinski definition) is 0. The third-order valence-electron chi connectivity index (χ3n) is 2.81. The van der Waals surface area contributed by atoms with Gasteiger partial charge in [0.05, 0.1) is 11.7 Å². The fourth-order valence-electron chi connectivity index (χ4n) is 1.79. The first-order valence-corrected chi connectivity index (χ1v) is 6.45. The Labute approximate surface area is 109 Å². The predicted molar refractivity (Wildman–Crippen MR) is 73.8 cm³/mol. The Morgan fingerprint density at radius 1 is 1.39 bits per heavy atom. The summed E-state index contributed by atoms with van der Waals surface area (Å²) in [6, 6.07) is 7.14. The average molecular weight is 244 g/mol. The van der Waals surface area contributed by atoms with Crippen LogP contribution in [0.25, 0.3) is 0 Å². The van der Waals surface area contributed by atoms with Gasteiger partial charge < -0.3 is 4.74 Å². The van der Waals surface area contributed by atoms with Gasteiger partial charge in [-0.3, -0.25) is 4.79 Å². The third-order valence-corrected chi connectivity index (χ3v) is 2.81. The number of carbonyl (C=O) groups is 1. The number of Topliss-reactive ketones (excluding diaryl/α,β-unsaturated/α-hetero) is 1. The van der Waals surface area contributed by atoms with Crippen molar-refractivity contribution in [2.75, 3.05) is 0 Å². The minimum Gasteiger partial charge on any atom is -0.490 e. The summed E-state index contributed by atoms with van der Waals surface area (Å²) in [5.74, 6) is 2.39. The minimum atomic E-state index is -0.327. The molecule has 18 heavy (non-hydrogen) atoms. The molecule has 0 heterocycles. The lowest BCUT2D eigenvalue weighted by Gasteiger charge is -2.16. The van der Waals surface area contributed by atoms with Gasteiger partial charge >= 0.3 is 0 Å². The molecule has 0 saturated heterocycles. The number of para-hydroxylation sites is 1. The molecule has 0 aliphatic rings. The number of carbonyl (C=O) groups excluding carboxylic acids is 1. The molecule has 0 aromatic heterocycles. The maximum atomic E-state index is 11.6. The zero-order chi connectivity index (χ0) is 13.4. The van der Waals surface area contributed by atoms with Gasteiger partial charge in [-0.2, -0.15) is 0 Å². The molecule has 1 aromatic rings. The van der Waals surface area contributed by atoms with Crippen molar-refractivity contribution < 1.29 is 9.53 Å². The van der Waals surface area contributed by atoms with Crippen molar-refractivity contribution in [3.8, 4) is 18.1 Å². The highest BCUT2D eigenvalue weighted by Crippen LogP contribution is 2.21. The molecule has 0 N–H and O–H groups in total. The number of unbranched alkanes of at least 4 members (excludes halogenated alkanes) is 2. The van der Waals surface area contributed by atoms with Crippen LogP contribution in [-0.2, 0) is 0 Å². The standard InChI is InChI=1S/C16H20O2/c1-4-6-7-10-13(3)18-16-12-9-8-11-14(16)15(17)5-2/h2,8-9,11-13H,4,6-7,10H2,1,3H3. The van der Waals surface area contributed by atoms with Crippen LogP contribution in [0, 0.1) is 12.3 Å². The maximum Gasteiger partial charge on any atom is 0.239 e. The molecule has 96 valence electrons. The molecule has 0 saturated carbocycles. The van der Waals surface area contributed by atoms with Crippen LogP contribution >= 0.6 is 0 Å². The van der Waals surface area contributed by atoms with Crippen molar-refractivity contribution >= 4 is 5.78 Å². The lowest BCUT2D eigenvalue weighted by molar-refractivity contribution is 0.104. The van der Waals surface area contributed by atoms with E-state index in [-0.39, 0.29) is 11.9 Å². The second kappa shape index (κ2) is 7.55. The van der Waals surface area contributed by atoms with Crippen LogP contribution in [0.1, 0.15) is 49.9 Å². The van der Waals surface area contributed by atoms with Gasteiger partial charge in [-0.25, -0.2) is 0 Å². The molecular weight excluding hydrogens is 224 g/mol. The van der Waals surface area contributed by atoms with Gasteiger partial charge in [0.1, 0.15) is 5.75 Å². The smallest absolute Gasteiger partial charge is 0.239 e. The summed E-state index contributed by atoms with van der Waals surface area (Å²) in [5, 5.41) is 0. The van der Waals surface area contributed by atoms with E-state index in [0.717, 1.165) is 12.8 Å². The van der Waals surface area contributed by atoms with Crippen LogP contribution in [-0.4, -0.2) is 11.9 Å². The summed E-state index contributed by atoms with van der Waals surface area (Å²) in [6.45, 7) is 4.19. The van der Waals surface area contributed by atoms with Crippen molar-refractivity contribution in [1.29, 1.82) is 0 Å². The van der Waals surface area contributed by atoms with Crippen molar-refractivity contribution in [2.45, 2.75) is 45.6 Å². The molecule has 1 unspecified atom stereocenters. The van der Waals surface area contributed by atoms with Crippen LogP contribution in [0.2, 0.25) is 0 Å². The molecule has 1 aromatic carbocycles. The zero-order valence-corrected chi connectivity index (χ0v) is 11.1. The van der Waals surface area contributed by atoms with Crippen molar-refractivity contribution in [3.63, 3.8) is 0 Å². The average Bonchev–Trinajstić information content (AvgIpc) is 2.39. The second-order valence-electron chi connectivity index (χ2n) is 4.39. The summed E-state index contributed by atoms with van der Waals surface area (Å²) < 4.78 is 5.80. The Morgan fingerprint density at radius 3 is 2.78 bits per heavy atom. The van der Waals surface area contributed by atoms with E-state index in [1.54, 1.807) is 18.2 Å². The summed E-state index contributed by atoms with van der Waals surface area (Å²) >= 11 is 0. The Hall–Kier alpha value is -1.75. The number of ether oxygens (including phenoxy) is 1. The molecule has 2 nitrogen and oxygen atoms in total. The van der Waals surface area contributed by atoms with Crippen LogP contribution in [0.15, 0.2) is 24.3 Å². The maximum absolute atomic E-state index is 11.6. The Balaban J connectivity index is 2.67. The fraction of sp³-hybridized carbons (Fsp3) is 0.438. The van der Waals surface area contributed by atoms with E-state index in [9.17, 15) is 4.79 Å².